The normalized spacial score (nSPS) is 29.9. The zero-order valence-electron chi connectivity index (χ0n) is 10.2. The molecule has 0 aliphatic heterocycles. The van der Waals surface area contributed by atoms with E-state index in [2.05, 4.69) is 15.5 Å². The Hall–Kier alpha value is -1.71. The van der Waals surface area contributed by atoms with Crippen LogP contribution in [0.5, 0.6) is 0 Å². The summed E-state index contributed by atoms with van der Waals surface area (Å²) in [6.07, 6.45) is 8.84. The maximum Gasteiger partial charge on any atom is 0.289 e. The Labute approximate surface area is 107 Å². The standard InChI is InChI=1S/C14H17N3O/c18-14(13-3-1-2-6-15-13)17-16-9-12-8-10-4-5-11(12)7-10/h1-3,6,9-12H,4-5,7-8H2,(H,17,18)/b16-9+. The fraction of sp³-hybridized carbons (Fsp3) is 0.500. The molecule has 2 saturated carbocycles. The molecule has 2 bridgehead atoms. The molecule has 0 radical (unpaired) electrons. The van der Waals surface area contributed by atoms with Crippen LogP contribution in [0.15, 0.2) is 29.5 Å². The van der Waals surface area contributed by atoms with Crippen LogP contribution in [-0.4, -0.2) is 17.1 Å². The highest BCUT2D eigenvalue weighted by atomic mass is 16.2. The van der Waals surface area contributed by atoms with Gasteiger partial charge in [0.05, 0.1) is 0 Å². The first-order chi connectivity index (χ1) is 8.83. The van der Waals surface area contributed by atoms with Gasteiger partial charge in [0.1, 0.15) is 5.69 Å². The quantitative estimate of drug-likeness (QED) is 0.653. The number of hydrogen-bond donors (Lipinski definition) is 1. The van der Waals surface area contributed by atoms with Crippen molar-refractivity contribution in [3.05, 3.63) is 30.1 Å². The lowest BCUT2D eigenvalue weighted by Gasteiger charge is -2.16. The largest absolute Gasteiger partial charge is 0.289 e. The third-order valence-corrected chi connectivity index (χ3v) is 4.12. The van der Waals surface area contributed by atoms with Crippen LogP contribution in [0.25, 0.3) is 0 Å². The second kappa shape index (κ2) is 4.88. The molecule has 1 amide bonds. The molecule has 3 rings (SSSR count). The van der Waals surface area contributed by atoms with Crippen molar-refractivity contribution in [3.63, 3.8) is 0 Å². The van der Waals surface area contributed by atoms with Crippen LogP contribution in [0.2, 0.25) is 0 Å². The molecule has 2 aliphatic rings. The number of amides is 1. The fourth-order valence-electron chi connectivity index (χ4n) is 3.22. The minimum Gasteiger partial charge on any atom is -0.266 e. The van der Waals surface area contributed by atoms with Crippen molar-refractivity contribution >= 4 is 12.1 Å². The smallest absolute Gasteiger partial charge is 0.266 e. The van der Waals surface area contributed by atoms with E-state index in [1.807, 2.05) is 6.21 Å². The molecule has 2 aliphatic carbocycles. The van der Waals surface area contributed by atoms with E-state index in [4.69, 9.17) is 0 Å². The zero-order chi connectivity index (χ0) is 12.4. The van der Waals surface area contributed by atoms with Crippen LogP contribution < -0.4 is 5.43 Å². The van der Waals surface area contributed by atoms with Crippen LogP contribution in [0.4, 0.5) is 0 Å². The van der Waals surface area contributed by atoms with Gasteiger partial charge < -0.3 is 0 Å². The van der Waals surface area contributed by atoms with Crippen molar-refractivity contribution in [2.75, 3.05) is 0 Å². The molecule has 0 aromatic carbocycles. The third kappa shape index (κ3) is 2.28. The monoisotopic (exact) mass is 243 g/mol. The minimum absolute atomic E-state index is 0.241. The average Bonchev–Trinajstić information content (AvgIpc) is 3.02. The molecular weight excluding hydrogens is 226 g/mol. The number of aromatic nitrogens is 1. The Balaban J connectivity index is 1.54. The number of nitrogens with one attached hydrogen (secondary N) is 1. The van der Waals surface area contributed by atoms with E-state index in [0.717, 1.165) is 11.8 Å². The molecule has 0 spiro atoms. The lowest BCUT2D eigenvalue weighted by Crippen LogP contribution is -2.20. The lowest BCUT2D eigenvalue weighted by molar-refractivity contribution is 0.0950. The summed E-state index contributed by atoms with van der Waals surface area (Å²) in [5.41, 5.74) is 2.96. The van der Waals surface area contributed by atoms with E-state index in [0.29, 0.717) is 11.6 Å². The predicted octanol–water partition coefficient (Wildman–Crippen LogP) is 2.23. The summed E-state index contributed by atoms with van der Waals surface area (Å²) in [6.45, 7) is 0. The second-order valence-electron chi connectivity index (χ2n) is 5.27. The number of fused-ring (bicyclic) bond motifs is 2. The Kier molecular flexibility index (Phi) is 3.09. The second-order valence-corrected chi connectivity index (χ2v) is 5.27. The van der Waals surface area contributed by atoms with E-state index in [1.165, 1.54) is 25.7 Å². The minimum atomic E-state index is -0.241. The lowest BCUT2D eigenvalue weighted by atomic mass is 9.90. The summed E-state index contributed by atoms with van der Waals surface area (Å²) in [7, 11) is 0. The molecule has 1 aromatic heterocycles. The van der Waals surface area contributed by atoms with Crippen LogP contribution >= 0.6 is 0 Å². The van der Waals surface area contributed by atoms with E-state index in [-0.39, 0.29) is 5.91 Å². The first-order valence-corrected chi connectivity index (χ1v) is 6.57. The maximum absolute atomic E-state index is 11.7. The van der Waals surface area contributed by atoms with Gasteiger partial charge in [-0.25, -0.2) is 5.43 Å². The van der Waals surface area contributed by atoms with E-state index in [9.17, 15) is 4.79 Å². The molecule has 1 heterocycles. The summed E-state index contributed by atoms with van der Waals surface area (Å²) in [4.78, 5) is 15.7. The van der Waals surface area contributed by atoms with Crippen molar-refractivity contribution < 1.29 is 4.79 Å². The van der Waals surface area contributed by atoms with Gasteiger partial charge in [-0.3, -0.25) is 9.78 Å². The van der Waals surface area contributed by atoms with Crippen LogP contribution in [0, 0.1) is 17.8 Å². The first-order valence-electron chi connectivity index (χ1n) is 6.57. The average molecular weight is 243 g/mol. The van der Waals surface area contributed by atoms with Crippen molar-refractivity contribution in [1.82, 2.24) is 10.4 Å². The maximum atomic E-state index is 11.7. The zero-order valence-corrected chi connectivity index (χ0v) is 10.2. The summed E-state index contributed by atoms with van der Waals surface area (Å²) < 4.78 is 0. The topological polar surface area (TPSA) is 54.4 Å². The van der Waals surface area contributed by atoms with Crippen LogP contribution in [-0.2, 0) is 0 Å². The Morgan fingerprint density at radius 2 is 2.33 bits per heavy atom. The Bertz CT molecular complexity index is 457. The van der Waals surface area contributed by atoms with Crippen molar-refractivity contribution in [3.8, 4) is 0 Å². The molecular formula is C14H17N3O. The first kappa shape index (κ1) is 11.4. The van der Waals surface area contributed by atoms with Gasteiger partial charge in [-0.2, -0.15) is 5.10 Å². The fourth-order valence-corrected chi connectivity index (χ4v) is 3.22. The summed E-state index contributed by atoms with van der Waals surface area (Å²) >= 11 is 0. The van der Waals surface area contributed by atoms with Gasteiger partial charge in [-0.15, -0.1) is 0 Å². The van der Waals surface area contributed by atoms with E-state index >= 15 is 0 Å². The molecule has 94 valence electrons. The predicted molar refractivity (Wildman–Crippen MR) is 69.1 cm³/mol. The van der Waals surface area contributed by atoms with Crippen molar-refractivity contribution in [2.24, 2.45) is 22.9 Å². The highest BCUT2D eigenvalue weighted by Gasteiger charge is 2.38. The van der Waals surface area contributed by atoms with Gasteiger partial charge in [-0.1, -0.05) is 12.5 Å². The molecule has 1 N–H and O–H groups in total. The highest BCUT2D eigenvalue weighted by molar-refractivity contribution is 5.92. The molecule has 1 aromatic rings. The van der Waals surface area contributed by atoms with Crippen molar-refractivity contribution in [1.29, 1.82) is 0 Å². The molecule has 18 heavy (non-hydrogen) atoms. The molecule has 3 unspecified atom stereocenters. The number of hydrazone groups is 1. The van der Waals surface area contributed by atoms with E-state index < -0.39 is 0 Å². The summed E-state index contributed by atoms with van der Waals surface area (Å²) in [5, 5.41) is 4.08. The van der Waals surface area contributed by atoms with Gasteiger partial charge in [0.2, 0.25) is 0 Å². The van der Waals surface area contributed by atoms with Crippen molar-refractivity contribution in [2.45, 2.75) is 25.7 Å². The number of hydrogen-bond acceptors (Lipinski definition) is 3. The third-order valence-electron chi connectivity index (χ3n) is 4.12. The summed E-state index contributed by atoms with van der Waals surface area (Å²) in [6, 6.07) is 5.26. The number of nitrogens with zero attached hydrogens (tertiary/aromatic N) is 2. The molecule has 4 heteroatoms. The summed E-state index contributed by atoms with van der Waals surface area (Å²) in [5.74, 6) is 2.02. The molecule has 3 atom stereocenters. The molecule has 4 nitrogen and oxygen atoms in total. The Morgan fingerprint density at radius 1 is 1.39 bits per heavy atom. The van der Waals surface area contributed by atoms with Gasteiger partial charge in [0.15, 0.2) is 0 Å². The van der Waals surface area contributed by atoms with Gasteiger partial charge >= 0.3 is 0 Å². The van der Waals surface area contributed by atoms with E-state index in [1.54, 1.807) is 24.4 Å². The van der Waals surface area contributed by atoms with Gasteiger partial charge in [-0.05, 0) is 49.1 Å². The van der Waals surface area contributed by atoms with Crippen LogP contribution in [0.3, 0.4) is 0 Å². The number of pyridine rings is 1. The molecule has 2 fully saturated rings. The number of carbonyl (C=O) groups excluding carboxylic acids is 1. The van der Waals surface area contributed by atoms with Crippen LogP contribution in [0.1, 0.15) is 36.2 Å². The van der Waals surface area contributed by atoms with Gasteiger partial charge in [0, 0.05) is 12.4 Å². The number of rotatable bonds is 3. The highest BCUT2D eigenvalue weighted by Crippen LogP contribution is 2.47. The molecule has 0 saturated heterocycles. The number of carbonyl (C=O) groups is 1. The Morgan fingerprint density at radius 3 is 3.00 bits per heavy atom. The SMILES string of the molecule is O=C(N/N=C/C1CC2CCC1C2)c1ccccn1. The van der Waals surface area contributed by atoms with Gasteiger partial charge in [0.25, 0.3) is 5.91 Å².